The molecule has 0 bridgehead atoms. The number of allylic oxidation sites excluding steroid dienone is 5. The molecule has 3 aliphatic rings. The van der Waals surface area contributed by atoms with Crippen molar-refractivity contribution in [1.29, 1.82) is 0 Å². The SMILES string of the molecule is CC/C=C1C(\C)=C\C2=C(COC(=O)C2C2CCC2)C(=O)C(C)C(C)CC\1=C(/CNC(=O)CN)c1ccccc1C. The zero-order chi connectivity index (χ0) is 29.0. The number of Topliss-reactive ketones (excluding diaryl/α,β-unsaturated/α-hetero) is 1. The van der Waals surface area contributed by atoms with E-state index in [1.807, 2.05) is 19.1 Å². The molecule has 6 heteroatoms. The first-order valence-corrected chi connectivity index (χ1v) is 14.8. The minimum atomic E-state index is -0.395. The van der Waals surface area contributed by atoms with Crippen LogP contribution in [0.2, 0.25) is 0 Å². The molecule has 1 amide bonds. The number of carbonyl (C=O) groups excluding carboxylic acids is 3. The van der Waals surface area contributed by atoms with E-state index in [9.17, 15) is 14.4 Å². The molecule has 1 aromatic carbocycles. The maximum atomic E-state index is 14.0. The molecular formula is C34H44N2O4. The lowest BCUT2D eigenvalue weighted by molar-refractivity contribution is -0.150. The number of cyclic esters (lactones) is 1. The second-order valence-corrected chi connectivity index (χ2v) is 11.7. The topological polar surface area (TPSA) is 98.5 Å². The van der Waals surface area contributed by atoms with E-state index in [-0.39, 0.29) is 48.6 Å². The second kappa shape index (κ2) is 12.9. The number of carbonyl (C=O) groups is 3. The van der Waals surface area contributed by atoms with Gasteiger partial charge in [-0.3, -0.25) is 14.4 Å². The van der Waals surface area contributed by atoms with Gasteiger partial charge in [0.2, 0.25) is 5.91 Å². The second-order valence-electron chi connectivity index (χ2n) is 11.7. The van der Waals surface area contributed by atoms with Gasteiger partial charge in [0.05, 0.1) is 12.5 Å². The molecule has 1 saturated carbocycles. The summed E-state index contributed by atoms with van der Waals surface area (Å²) in [4.78, 5) is 39.4. The largest absolute Gasteiger partial charge is 0.460 e. The summed E-state index contributed by atoms with van der Waals surface area (Å²) in [6.07, 6.45) is 8.88. The highest BCUT2D eigenvalue weighted by atomic mass is 16.5. The zero-order valence-electron chi connectivity index (χ0n) is 24.6. The van der Waals surface area contributed by atoms with Gasteiger partial charge in [-0.05, 0) is 90.4 Å². The van der Waals surface area contributed by atoms with E-state index >= 15 is 0 Å². The predicted octanol–water partition coefficient (Wildman–Crippen LogP) is 5.62. The van der Waals surface area contributed by atoms with Gasteiger partial charge in [-0.15, -0.1) is 0 Å². The van der Waals surface area contributed by atoms with Crippen LogP contribution in [-0.2, 0) is 19.1 Å². The number of ether oxygens (including phenoxy) is 1. The van der Waals surface area contributed by atoms with Crippen LogP contribution in [0, 0.1) is 30.6 Å². The molecule has 0 radical (unpaired) electrons. The maximum absolute atomic E-state index is 14.0. The lowest BCUT2D eigenvalue weighted by Gasteiger charge is -2.38. The molecule has 1 fully saturated rings. The van der Waals surface area contributed by atoms with Crippen molar-refractivity contribution in [2.24, 2.45) is 29.4 Å². The van der Waals surface area contributed by atoms with E-state index < -0.39 is 5.92 Å². The van der Waals surface area contributed by atoms with Crippen LogP contribution >= 0.6 is 0 Å². The number of amides is 1. The van der Waals surface area contributed by atoms with Crippen molar-refractivity contribution in [2.45, 2.75) is 66.7 Å². The first kappa shape index (κ1) is 29.7. The molecule has 214 valence electrons. The monoisotopic (exact) mass is 544 g/mol. The van der Waals surface area contributed by atoms with E-state index in [1.54, 1.807) is 0 Å². The molecule has 6 nitrogen and oxygen atoms in total. The van der Waals surface area contributed by atoms with Crippen LogP contribution in [0.4, 0.5) is 0 Å². The van der Waals surface area contributed by atoms with Crippen LogP contribution in [0.25, 0.3) is 5.57 Å². The van der Waals surface area contributed by atoms with Crippen LogP contribution in [-0.4, -0.2) is 37.4 Å². The molecule has 3 N–H and O–H groups in total. The minimum absolute atomic E-state index is 0.0198. The van der Waals surface area contributed by atoms with Crippen molar-refractivity contribution < 1.29 is 19.1 Å². The van der Waals surface area contributed by atoms with E-state index in [2.05, 4.69) is 57.3 Å². The summed E-state index contributed by atoms with van der Waals surface area (Å²) >= 11 is 0. The molecule has 3 unspecified atom stereocenters. The third kappa shape index (κ3) is 6.07. The molecule has 1 aromatic rings. The van der Waals surface area contributed by atoms with Crippen LogP contribution < -0.4 is 11.1 Å². The van der Waals surface area contributed by atoms with Crippen LogP contribution in [0.15, 0.2) is 64.3 Å². The molecule has 0 saturated heterocycles. The summed E-state index contributed by atoms with van der Waals surface area (Å²) in [5.74, 6) is -0.771. The molecule has 1 aliphatic heterocycles. The standard InChI is InChI=1S/C34H44N2O4/c1-6-10-25-22(4)16-28-30(19-40-34(39)32(28)24-12-9-13-24)33(38)23(5)21(3)15-27(25)29(18-36-31(37)17-35)26-14-8-7-11-20(26)2/h7-8,10-11,14,16,21,23-24,32H,6,9,12-13,15,17-19,35H2,1-5H3,(H,36,37)/b22-16+,25-10+,29-27-. The number of benzene rings is 1. The first-order chi connectivity index (χ1) is 19.2. The van der Waals surface area contributed by atoms with Crippen molar-refractivity contribution >= 4 is 23.2 Å². The molecule has 0 spiro atoms. The van der Waals surface area contributed by atoms with E-state index in [0.717, 1.165) is 64.7 Å². The number of aryl methyl sites for hydroxylation is 1. The summed E-state index contributed by atoms with van der Waals surface area (Å²) in [7, 11) is 0. The van der Waals surface area contributed by atoms with Crippen molar-refractivity contribution in [2.75, 3.05) is 19.7 Å². The third-order valence-electron chi connectivity index (χ3n) is 9.02. The fourth-order valence-corrected chi connectivity index (χ4v) is 6.24. The highest BCUT2D eigenvalue weighted by molar-refractivity contribution is 6.01. The third-order valence-corrected chi connectivity index (χ3v) is 9.02. The Balaban J connectivity index is 1.98. The number of rotatable bonds is 6. The highest BCUT2D eigenvalue weighted by Gasteiger charge is 2.42. The Morgan fingerprint density at radius 3 is 2.50 bits per heavy atom. The Morgan fingerprint density at radius 1 is 1.15 bits per heavy atom. The van der Waals surface area contributed by atoms with Crippen LogP contribution in [0.1, 0.15) is 70.9 Å². The summed E-state index contributed by atoms with van der Waals surface area (Å²) < 4.78 is 5.62. The van der Waals surface area contributed by atoms with Crippen molar-refractivity contribution in [3.8, 4) is 0 Å². The molecular weight excluding hydrogens is 500 g/mol. The average molecular weight is 545 g/mol. The van der Waals surface area contributed by atoms with Gasteiger partial charge in [0.25, 0.3) is 0 Å². The van der Waals surface area contributed by atoms with Gasteiger partial charge < -0.3 is 15.8 Å². The summed E-state index contributed by atoms with van der Waals surface area (Å²) in [6.45, 7) is 10.7. The van der Waals surface area contributed by atoms with Gasteiger partial charge in [0, 0.05) is 18.0 Å². The van der Waals surface area contributed by atoms with Gasteiger partial charge in [-0.1, -0.05) is 63.6 Å². The quantitative estimate of drug-likeness (QED) is 0.453. The Hall–Kier alpha value is -3.25. The number of ketones is 1. The Kier molecular flexibility index (Phi) is 9.62. The lowest BCUT2D eigenvalue weighted by Crippen LogP contribution is -2.38. The Labute approximate surface area is 238 Å². The number of hydrogen-bond donors (Lipinski definition) is 2. The van der Waals surface area contributed by atoms with E-state index in [1.165, 1.54) is 0 Å². The first-order valence-electron chi connectivity index (χ1n) is 14.8. The normalized spacial score (nSPS) is 27.8. The zero-order valence-corrected chi connectivity index (χ0v) is 24.6. The molecule has 2 aliphatic carbocycles. The Bertz CT molecular complexity index is 1290. The molecule has 40 heavy (non-hydrogen) atoms. The Morgan fingerprint density at radius 2 is 1.88 bits per heavy atom. The lowest BCUT2D eigenvalue weighted by atomic mass is 9.68. The maximum Gasteiger partial charge on any atom is 0.314 e. The van der Waals surface area contributed by atoms with Gasteiger partial charge >= 0.3 is 5.97 Å². The molecule has 0 aromatic heterocycles. The number of esters is 1. The average Bonchev–Trinajstić information content (AvgIpc) is 2.91. The smallest absolute Gasteiger partial charge is 0.314 e. The van der Waals surface area contributed by atoms with Gasteiger partial charge in [-0.25, -0.2) is 0 Å². The highest BCUT2D eigenvalue weighted by Crippen LogP contribution is 2.44. The summed E-state index contributed by atoms with van der Waals surface area (Å²) in [5.41, 5.74) is 13.6. The van der Waals surface area contributed by atoms with Crippen molar-refractivity contribution in [3.05, 3.63) is 75.4 Å². The van der Waals surface area contributed by atoms with E-state index in [4.69, 9.17) is 10.5 Å². The summed E-state index contributed by atoms with van der Waals surface area (Å²) in [6, 6.07) is 8.21. The fourth-order valence-electron chi connectivity index (χ4n) is 6.24. The molecule has 3 atom stereocenters. The van der Waals surface area contributed by atoms with Crippen molar-refractivity contribution in [1.82, 2.24) is 5.32 Å². The van der Waals surface area contributed by atoms with Crippen LogP contribution in [0.3, 0.4) is 0 Å². The predicted molar refractivity (Wildman–Crippen MR) is 159 cm³/mol. The van der Waals surface area contributed by atoms with Gasteiger partial charge in [0.1, 0.15) is 6.61 Å². The van der Waals surface area contributed by atoms with Gasteiger partial charge in [0.15, 0.2) is 5.78 Å². The van der Waals surface area contributed by atoms with Gasteiger partial charge in [-0.2, -0.15) is 0 Å². The fraction of sp³-hybridized carbons (Fsp3) is 0.500. The van der Waals surface area contributed by atoms with Crippen LogP contribution in [0.5, 0.6) is 0 Å². The van der Waals surface area contributed by atoms with Crippen molar-refractivity contribution in [3.63, 3.8) is 0 Å². The molecule has 1 heterocycles. The minimum Gasteiger partial charge on any atom is -0.460 e. The molecule has 4 rings (SSSR count). The summed E-state index contributed by atoms with van der Waals surface area (Å²) in [5, 5.41) is 3.01. The number of nitrogens with one attached hydrogen (secondary N) is 1. The number of nitrogens with two attached hydrogens (primary N) is 1. The number of hydrogen-bond acceptors (Lipinski definition) is 5. The van der Waals surface area contributed by atoms with E-state index in [0.29, 0.717) is 18.5 Å².